The predicted molar refractivity (Wildman–Crippen MR) is 124 cm³/mol. The summed E-state index contributed by atoms with van der Waals surface area (Å²) in [5.41, 5.74) is 5.95. The van der Waals surface area contributed by atoms with Crippen LogP contribution in [0.5, 0.6) is 5.75 Å². The molecule has 7 nitrogen and oxygen atoms in total. The third-order valence-electron chi connectivity index (χ3n) is 4.83. The molecule has 1 N–H and O–H groups in total. The maximum absolute atomic E-state index is 12.2. The van der Waals surface area contributed by atoms with Gasteiger partial charge in [-0.25, -0.2) is 5.43 Å². The molecule has 0 aliphatic heterocycles. The van der Waals surface area contributed by atoms with Gasteiger partial charge in [0.05, 0.1) is 11.1 Å². The van der Waals surface area contributed by atoms with Crippen molar-refractivity contribution in [3.05, 3.63) is 105 Å². The molecule has 164 valence electrons. The number of hydrazone groups is 1. The van der Waals surface area contributed by atoms with E-state index < -0.39 is 4.92 Å². The van der Waals surface area contributed by atoms with Crippen LogP contribution in [-0.4, -0.2) is 17.0 Å². The number of ether oxygens (including phenoxy) is 1. The number of hydrogen-bond donors (Lipinski definition) is 1. The molecular weight excluding hydrogens is 406 g/mol. The van der Waals surface area contributed by atoms with Gasteiger partial charge in [-0.1, -0.05) is 32.9 Å². The van der Waals surface area contributed by atoms with E-state index in [-0.39, 0.29) is 17.0 Å². The molecule has 0 saturated heterocycles. The van der Waals surface area contributed by atoms with Gasteiger partial charge in [0.15, 0.2) is 0 Å². The minimum Gasteiger partial charge on any atom is -0.489 e. The molecule has 7 heteroatoms. The largest absolute Gasteiger partial charge is 0.489 e. The van der Waals surface area contributed by atoms with E-state index in [1.165, 1.54) is 12.1 Å². The minimum atomic E-state index is -0.435. The number of benzene rings is 3. The number of carbonyl (C=O) groups is 1. The fourth-order valence-corrected chi connectivity index (χ4v) is 2.88. The van der Waals surface area contributed by atoms with Crippen LogP contribution in [0.3, 0.4) is 0 Å². The van der Waals surface area contributed by atoms with Crippen molar-refractivity contribution in [1.82, 2.24) is 5.43 Å². The third kappa shape index (κ3) is 6.25. The first-order chi connectivity index (χ1) is 15.2. The number of nitro benzene ring substituents is 1. The van der Waals surface area contributed by atoms with E-state index in [1.807, 2.05) is 24.3 Å². The Bertz CT molecular complexity index is 1100. The number of carbonyl (C=O) groups excluding carboxylic acids is 1. The molecule has 0 aliphatic carbocycles. The Labute approximate surface area is 186 Å². The zero-order valence-electron chi connectivity index (χ0n) is 18.2. The van der Waals surface area contributed by atoms with Crippen molar-refractivity contribution in [3.63, 3.8) is 0 Å². The summed E-state index contributed by atoms with van der Waals surface area (Å²) in [7, 11) is 0. The van der Waals surface area contributed by atoms with E-state index in [0.29, 0.717) is 17.9 Å². The monoisotopic (exact) mass is 431 g/mol. The molecule has 0 spiro atoms. The molecule has 0 saturated carbocycles. The maximum atomic E-state index is 12.2. The predicted octanol–water partition coefficient (Wildman–Crippen LogP) is 5.24. The van der Waals surface area contributed by atoms with E-state index in [4.69, 9.17) is 4.74 Å². The Morgan fingerprint density at radius 2 is 1.62 bits per heavy atom. The van der Waals surface area contributed by atoms with Crippen LogP contribution in [0.25, 0.3) is 0 Å². The molecule has 0 fully saturated rings. The summed E-state index contributed by atoms with van der Waals surface area (Å²) in [5.74, 6) is 0.383. The average Bonchev–Trinajstić information content (AvgIpc) is 2.78. The molecule has 3 rings (SSSR count). The van der Waals surface area contributed by atoms with Gasteiger partial charge in [0.2, 0.25) is 0 Å². The van der Waals surface area contributed by atoms with Crippen LogP contribution < -0.4 is 10.2 Å². The highest BCUT2D eigenvalue weighted by molar-refractivity contribution is 5.94. The highest BCUT2D eigenvalue weighted by Gasteiger charge is 2.14. The lowest BCUT2D eigenvalue weighted by atomic mass is 9.87. The molecule has 1 amide bonds. The second-order valence-corrected chi connectivity index (χ2v) is 8.31. The minimum absolute atomic E-state index is 0.0326. The SMILES string of the molecule is CC(C)(C)c1ccc(C(=O)N/N=C/c2ccc(OCc3ccc([N+](=O)[O-])cc3)cc2)cc1. The summed E-state index contributed by atoms with van der Waals surface area (Å²) in [4.78, 5) is 22.5. The van der Waals surface area contributed by atoms with Crippen molar-refractivity contribution in [2.75, 3.05) is 0 Å². The van der Waals surface area contributed by atoms with Crippen LogP contribution >= 0.6 is 0 Å². The molecular formula is C25H25N3O4. The summed E-state index contributed by atoms with van der Waals surface area (Å²) < 4.78 is 5.70. The van der Waals surface area contributed by atoms with Crippen LogP contribution in [0.1, 0.15) is 47.8 Å². The van der Waals surface area contributed by atoms with Gasteiger partial charge in [-0.3, -0.25) is 14.9 Å². The second kappa shape index (κ2) is 9.87. The van der Waals surface area contributed by atoms with Crippen molar-refractivity contribution in [3.8, 4) is 5.75 Å². The second-order valence-electron chi connectivity index (χ2n) is 8.31. The topological polar surface area (TPSA) is 93.8 Å². The van der Waals surface area contributed by atoms with Crippen molar-refractivity contribution < 1.29 is 14.5 Å². The first-order valence-electron chi connectivity index (χ1n) is 10.1. The van der Waals surface area contributed by atoms with E-state index in [1.54, 1.807) is 42.6 Å². The van der Waals surface area contributed by atoms with E-state index in [9.17, 15) is 14.9 Å². The van der Waals surface area contributed by atoms with Crippen LogP contribution in [-0.2, 0) is 12.0 Å². The van der Waals surface area contributed by atoms with Gasteiger partial charge in [-0.15, -0.1) is 0 Å². The summed E-state index contributed by atoms with van der Waals surface area (Å²) >= 11 is 0. The summed E-state index contributed by atoms with van der Waals surface area (Å²) in [6.07, 6.45) is 1.56. The van der Waals surface area contributed by atoms with E-state index >= 15 is 0 Å². The number of nitrogens with zero attached hydrogens (tertiary/aromatic N) is 2. The number of hydrogen-bond acceptors (Lipinski definition) is 5. The first kappa shape index (κ1) is 22.7. The Hall–Kier alpha value is -4.00. The maximum Gasteiger partial charge on any atom is 0.271 e. The smallest absolute Gasteiger partial charge is 0.271 e. The standard InChI is InChI=1S/C25H25N3O4/c1-25(2,3)21-10-8-20(9-11-21)24(29)27-26-16-18-6-14-23(15-7-18)32-17-19-4-12-22(13-5-19)28(30)31/h4-16H,17H2,1-3H3,(H,27,29)/b26-16+. The highest BCUT2D eigenvalue weighted by Crippen LogP contribution is 2.22. The average molecular weight is 431 g/mol. The number of amides is 1. The first-order valence-corrected chi connectivity index (χ1v) is 10.1. The molecule has 3 aromatic carbocycles. The van der Waals surface area contributed by atoms with Crippen LogP contribution in [0.2, 0.25) is 0 Å². The lowest BCUT2D eigenvalue weighted by Gasteiger charge is -2.18. The van der Waals surface area contributed by atoms with Crippen molar-refractivity contribution in [1.29, 1.82) is 0 Å². The molecule has 0 atom stereocenters. The van der Waals surface area contributed by atoms with E-state index in [0.717, 1.165) is 16.7 Å². The van der Waals surface area contributed by atoms with Crippen LogP contribution in [0.15, 0.2) is 77.9 Å². The molecule has 0 bridgehead atoms. The van der Waals surface area contributed by atoms with Crippen molar-refractivity contribution in [2.24, 2.45) is 5.10 Å². The van der Waals surface area contributed by atoms with Crippen LogP contribution in [0, 0.1) is 10.1 Å². The Kier molecular flexibility index (Phi) is 7.00. The fraction of sp³-hybridized carbons (Fsp3) is 0.200. The van der Waals surface area contributed by atoms with Gasteiger partial charge in [-0.05, 0) is 70.6 Å². The molecule has 0 unspecified atom stereocenters. The van der Waals surface area contributed by atoms with Gasteiger partial charge in [0.25, 0.3) is 11.6 Å². The van der Waals surface area contributed by atoms with Gasteiger partial charge >= 0.3 is 0 Å². The lowest BCUT2D eigenvalue weighted by Crippen LogP contribution is -2.18. The van der Waals surface area contributed by atoms with Gasteiger partial charge in [0, 0.05) is 17.7 Å². The Morgan fingerprint density at radius 1 is 1.00 bits per heavy atom. The van der Waals surface area contributed by atoms with E-state index in [2.05, 4.69) is 31.3 Å². The molecule has 3 aromatic rings. The number of rotatable bonds is 7. The lowest BCUT2D eigenvalue weighted by molar-refractivity contribution is -0.384. The number of non-ortho nitro benzene ring substituents is 1. The summed E-state index contributed by atoms with van der Waals surface area (Å²) in [6.45, 7) is 6.67. The van der Waals surface area contributed by atoms with Gasteiger partial charge in [-0.2, -0.15) is 5.10 Å². The molecule has 0 radical (unpaired) electrons. The number of nitrogens with one attached hydrogen (secondary N) is 1. The Balaban J connectivity index is 1.50. The fourth-order valence-electron chi connectivity index (χ4n) is 2.88. The van der Waals surface area contributed by atoms with Gasteiger partial charge < -0.3 is 4.74 Å². The highest BCUT2D eigenvalue weighted by atomic mass is 16.6. The van der Waals surface area contributed by atoms with Crippen molar-refractivity contribution in [2.45, 2.75) is 32.8 Å². The normalized spacial score (nSPS) is 11.3. The molecule has 0 heterocycles. The zero-order chi connectivity index (χ0) is 23.1. The zero-order valence-corrected chi connectivity index (χ0v) is 18.2. The van der Waals surface area contributed by atoms with Crippen molar-refractivity contribution >= 4 is 17.8 Å². The number of nitro groups is 1. The molecule has 0 aliphatic rings. The van der Waals surface area contributed by atoms with Crippen LogP contribution in [0.4, 0.5) is 5.69 Å². The molecule has 0 aromatic heterocycles. The summed E-state index contributed by atoms with van der Waals surface area (Å²) in [5, 5.41) is 14.7. The Morgan fingerprint density at radius 3 is 2.19 bits per heavy atom. The molecule has 32 heavy (non-hydrogen) atoms. The third-order valence-corrected chi connectivity index (χ3v) is 4.83. The quantitative estimate of drug-likeness (QED) is 0.315. The summed E-state index contributed by atoms with van der Waals surface area (Å²) in [6, 6.07) is 20.9. The van der Waals surface area contributed by atoms with Gasteiger partial charge in [0.1, 0.15) is 12.4 Å².